The Bertz CT molecular complexity index is 1300. The van der Waals surface area contributed by atoms with E-state index in [0.717, 1.165) is 21.2 Å². The summed E-state index contributed by atoms with van der Waals surface area (Å²) in [5.41, 5.74) is 2.69. The van der Waals surface area contributed by atoms with Crippen molar-refractivity contribution in [3.8, 4) is 11.5 Å². The smallest absolute Gasteiger partial charge is 0.234 e. The minimum Gasteiger partial charge on any atom is -0.419 e. The van der Waals surface area contributed by atoms with Crippen molar-refractivity contribution in [1.29, 1.82) is 0 Å². The second-order valence-corrected chi connectivity index (χ2v) is 9.98. The number of rotatable bonds is 6. The Morgan fingerprint density at radius 3 is 2.26 bits per heavy atom. The summed E-state index contributed by atoms with van der Waals surface area (Å²) in [5.74, 6) is 0.383. The first kappa shape index (κ1) is 21.3. The Morgan fingerprint density at radius 2 is 1.58 bits per heavy atom. The van der Waals surface area contributed by atoms with Gasteiger partial charge in [-0.05, 0) is 55.3 Å². The van der Waals surface area contributed by atoms with Crippen LogP contribution in [0.25, 0.3) is 11.5 Å². The van der Waals surface area contributed by atoms with E-state index < -0.39 is 9.84 Å². The standard InChI is InChI=1S/C24H21BrN2O3S/c1-16-8-6-7-11-21(16)22-27-24(31(28,29)20-14-12-19(25)13-15-20)23(30-22)26-17(2)18-9-4-3-5-10-18/h3-15,17,26H,1-2H3. The molecule has 4 aromatic rings. The number of anilines is 1. The zero-order chi connectivity index (χ0) is 22.0. The molecule has 1 aromatic heterocycles. The van der Waals surface area contributed by atoms with Crippen molar-refractivity contribution in [2.45, 2.75) is 29.8 Å². The minimum atomic E-state index is -3.90. The number of nitrogens with one attached hydrogen (secondary N) is 1. The van der Waals surface area contributed by atoms with E-state index in [0.29, 0.717) is 0 Å². The van der Waals surface area contributed by atoms with Gasteiger partial charge in [0.2, 0.25) is 26.6 Å². The van der Waals surface area contributed by atoms with Crippen LogP contribution in [0.2, 0.25) is 0 Å². The third-order valence-corrected chi connectivity index (χ3v) is 7.20. The fourth-order valence-electron chi connectivity index (χ4n) is 3.25. The highest BCUT2D eigenvalue weighted by Crippen LogP contribution is 2.35. The van der Waals surface area contributed by atoms with Gasteiger partial charge >= 0.3 is 0 Å². The summed E-state index contributed by atoms with van der Waals surface area (Å²) < 4.78 is 33.7. The van der Waals surface area contributed by atoms with Crippen LogP contribution in [-0.4, -0.2) is 13.4 Å². The zero-order valence-corrected chi connectivity index (χ0v) is 19.4. The van der Waals surface area contributed by atoms with Crippen molar-refractivity contribution in [1.82, 2.24) is 4.98 Å². The molecule has 1 atom stereocenters. The number of oxazole rings is 1. The molecule has 1 heterocycles. The maximum absolute atomic E-state index is 13.4. The Morgan fingerprint density at radius 1 is 0.935 bits per heavy atom. The molecule has 0 spiro atoms. The molecule has 0 aliphatic heterocycles. The molecule has 0 aliphatic carbocycles. The van der Waals surface area contributed by atoms with Crippen molar-refractivity contribution in [2.75, 3.05) is 5.32 Å². The lowest BCUT2D eigenvalue weighted by atomic mass is 10.1. The van der Waals surface area contributed by atoms with Crippen LogP contribution in [-0.2, 0) is 9.84 Å². The van der Waals surface area contributed by atoms with E-state index >= 15 is 0 Å². The number of benzene rings is 3. The van der Waals surface area contributed by atoms with Crippen molar-refractivity contribution in [3.63, 3.8) is 0 Å². The predicted octanol–water partition coefficient (Wildman–Crippen LogP) is 6.42. The van der Waals surface area contributed by atoms with Gasteiger partial charge in [-0.1, -0.05) is 64.5 Å². The molecular weight excluding hydrogens is 476 g/mol. The van der Waals surface area contributed by atoms with Gasteiger partial charge < -0.3 is 9.73 Å². The maximum atomic E-state index is 13.4. The molecule has 3 aromatic carbocycles. The summed E-state index contributed by atoms with van der Waals surface area (Å²) in [5, 5.41) is 3.08. The summed E-state index contributed by atoms with van der Waals surface area (Å²) in [7, 11) is -3.90. The SMILES string of the molecule is Cc1ccccc1-c1nc(S(=O)(=O)c2ccc(Br)cc2)c(NC(C)c2ccccc2)o1. The van der Waals surface area contributed by atoms with Gasteiger partial charge in [0.15, 0.2) is 0 Å². The van der Waals surface area contributed by atoms with Crippen LogP contribution in [0.15, 0.2) is 97.7 Å². The molecule has 0 radical (unpaired) electrons. The molecule has 0 saturated heterocycles. The molecule has 1 unspecified atom stereocenters. The van der Waals surface area contributed by atoms with Gasteiger partial charge in [0.25, 0.3) is 0 Å². The van der Waals surface area contributed by atoms with E-state index in [-0.39, 0.29) is 27.7 Å². The van der Waals surface area contributed by atoms with Gasteiger partial charge in [-0.3, -0.25) is 0 Å². The molecule has 0 aliphatic rings. The first-order valence-electron chi connectivity index (χ1n) is 9.75. The molecule has 1 N–H and O–H groups in total. The summed E-state index contributed by atoms with van der Waals surface area (Å²) >= 11 is 3.34. The Labute approximate surface area is 190 Å². The van der Waals surface area contributed by atoms with E-state index in [1.54, 1.807) is 24.3 Å². The first-order chi connectivity index (χ1) is 14.9. The van der Waals surface area contributed by atoms with Gasteiger partial charge in [0.1, 0.15) is 0 Å². The fraction of sp³-hybridized carbons (Fsp3) is 0.125. The van der Waals surface area contributed by atoms with Crippen molar-refractivity contribution in [3.05, 3.63) is 94.5 Å². The maximum Gasteiger partial charge on any atom is 0.234 e. The van der Waals surface area contributed by atoms with Gasteiger partial charge in [0, 0.05) is 10.0 Å². The van der Waals surface area contributed by atoms with E-state index in [4.69, 9.17) is 4.42 Å². The van der Waals surface area contributed by atoms with Gasteiger partial charge in [-0.25, -0.2) is 8.42 Å². The lowest BCUT2D eigenvalue weighted by Crippen LogP contribution is -2.10. The van der Waals surface area contributed by atoms with Crippen LogP contribution in [0.4, 0.5) is 5.88 Å². The quantitative estimate of drug-likeness (QED) is 0.333. The number of hydrogen-bond donors (Lipinski definition) is 1. The highest BCUT2D eigenvalue weighted by Gasteiger charge is 2.29. The van der Waals surface area contributed by atoms with Gasteiger partial charge in [0.05, 0.1) is 10.9 Å². The zero-order valence-electron chi connectivity index (χ0n) is 17.0. The average Bonchev–Trinajstić information content (AvgIpc) is 3.19. The van der Waals surface area contributed by atoms with Crippen LogP contribution in [0.3, 0.4) is 0 Å². The number of aromatic nitrogens is 1. The third kappa shape index (κ3) is 4.43. The lowest BCUT2D eigenvalue weighted by molar-refractivity contribution is 0.570. The topological polar surface area (TPSA) is 72.2 Å². The monoisotopic (exact) mass is 496 g/mol. The summed E-state index contributed by atoms with van der Waals surface area (Å²) in [6.45, 7) is 3.88. The van der Waals surface area contributed by atoms with E-state index in [1.165, 1.54) is 0 Å². The molecule has 0 amide bonds. The average molecular weight is 497 g/mol. The number of aryl methyl sites for hydroxylation is 1. The predicted molar refractivity (Wildman–Crippen MR) is 125 cm³/mol. The second-order valence-electron chi connectivity index (χ2n) is 7.20. The Hall–Kier alpha value is -2.90. The molecule has 158 valence electrons. The normalized spacial score (nSPS) is 12.5. The molecule has 4 rings (SSSR count). The molecule has 0 fully saturated rings. The number of nitrogens with zero attached hydrogens (tertiary/aromatic N) is 1. The van der Waals surface area contributed by atoms with Gasteiger partial charge in [-0.2, -0.15) is 4.98 Å². The largest absolute Gasteiger partial charge is 0.419 e. The van der Waals surface area contributed by atoms with E-state index in [2.05, 4.69) is 26.2 Å². The highest BCUT2D eigenvalue weighted by molar-refractivity contribution is 9.10. The van der Waals surface area contributed by atoms with Crippen LogP contribution in [0.5, 0.6) is 0 Å². The molecule has 0 saturated carbocycles. The number of sulfone groups is 1. The van der Waals surface area contributed by atoms with Crippen molar-refractivity contribution in [2.24, 2.45) is 0 Å². The molecule has 5 nitrogen and oxygen atoms in total. The van der Waals surface area contributed by atoms with Crippen molar-refractivity contribution >= 4 is 31.7 Å². The van der Waals surface area contributed by atoms with Crippen LogP contribution < -0.4 is 5.32 Å². The molecular formula is C24H21BrN2O3S. The van der Waals surface area contributed by atoms with Crippen LogP contribution in [0, 0.1) is 6.92 Å². The van der Waals surface area contributed by atoms with E-state index in [9.17, 15) is 8.42 Å². The van der Waals surface area contributed by atoms with Crippen molar-refractivity contribution < 1.29 is 12.8 Å². The second kappa shape index (κ2) is 8.69. The van der Waals surface area contributed by atoms with Gasteiger partial charge in [-0.15, -0.1) is 0 Å². The first-order valence-corrected chi connectivity index (χ1v) is 12.0. The highest BCUT2D eigenvalue weighted by atomic mass is 79.9. The van der Waals surface area contributed by atoms with E-state index in [1.807, 2.05) is 68.4 Å². The summed E-state index contributed by atoms with van der Waals surface area (Å²) in [6, 6.07) is 23.6. The lowest BCUT2D eigenvalue weighted by Gasteiger charge is -2.14. The third-order valence-electron chi connectivity index (χ3n) is 5.00. The summed E-state index contributed by atoms with van der Waals surface area (Å²) in [4.78, 5) is 4.58. The van der Waals surface area contributed by atoms with Crippen LogP contribution in [0.1, 0.15) is 24.1 Å². The molecule has 0 bridgehead atoms. The molecule has 7 heteroatoms. The minimum absolute atomic E-state index is 0.123. The summed E-state index contributed by atoms with van der Waals surface area (Å²) in [6.07, 6.45) is 0. The molecule has 31 heavy (non-hydrogen) atoms. The number of hydrogen-bond acceptors (Lipinski definition) is 5. The van der Waals surface area contributed by atoms with Crippen LogP contribution >= 0.6 is 15.9 Å². The Balaban J connectivity index is 1.82. The fourth-order valence-corrected chi connectivity index (χ4v) is 4.78. The Kier molecular flexibility index (Phi) is 5.98. The number of halogens is 1.